The Morgan fingerprint density at radius 3 is 2.52 bits per heavy atom. The molecule has 0 spiro atoms. The van der Waals surface area contributed by atoms with E-state index in [1.165, 1.54) is 17.7 Å². The van der Waals surface area contributed by atoms with Gasteiger partial charge in [-0.15, -0.1) is 10.2 Å². The van der Waals surface area contributed by atoms with E-state index in [0.29, 0.717) is 52.4 Å². The van der Waals surface area contributed by atoms with Crippen molar-refractivity contribution in [3.05, 3.63) is 71.4 Å². The molecule has 20 nitrogen and oxygen atoms in total. The molecule has 2 aromatic carbocycles. The Morgan fingerprint density at radius 2 is 1.75 bits per heavy atom. The topological polar surface area (TPSA) is 233 Å². The molecule has 2 atom stereocenters. The third kappa shape index (κ3) is 9.47. The van der Waals surface area contributed by atoms with E-state index >= 15 is 0 Å². The quantitative estimate of drug-likeness (QED) is 0.0783. The van der Waals surface area contributed by atoms with Crippen molar-refractivity contribution < 1.29 is 42.9 Å². The summed E-state index contributed by atoms with van der Waals surface area (Å²) >= 11 is 0. The minimum Gasteiger partial charge on any atom is -0.495 e. The molecule has 0 bridgehead atoms. The highest BCUT2D eigenvalue weighted by molar-refractivity contribution is 6.07. The van der Waals surface area contributed by atoms with Crippen molar-refractivity contribution in [3.8, 4) is 11.4 Å². The van der Waals surface area contributed by atoms with Gasteiger partial charge in [-0.1, -0.05) is 25.8 Å². The molecule has 1 aliphatic carbocycles. The number of hydrogen-bond donors (Lipinski definition) is 4. The second-order valence-corrected chi connectivity index (χ2v) is 15.6. The largest absolute Gasteiger partial charge is 0.495 e. The summed E-state index contributed by atoms with van der Waals surface area (Å²) in [5.41, 5.74) is 3.34. The van der Waals surface area contributed by atoms with Crippen molar-refractivity contribution in [3.63, 3.8) is 0 Å². The molecule has 0 radical (unpaired) electrons. The zero-order valence-corrected chi connectivity index (χ0v) is 35.3. The Morgan fingerprint density at radius 1 is 0.952 bits per heavy atom. The molecule has 2 fully saturated rings. The van der Waals surface area contributed by atoms with Crippen LogP contribution in [0.2, 0.25) is 0 Å². The summed E-state index contributed by atoms with van der Waals surface area (Å²) in [7, 11) is 1.54. The molecule has 4 aliphatic rings. The summed E-state index contributed by atoms with van der Waals surface area (Å²) in [6.07, 6.45) is 9.34. The predicted octanol–water partition coefficient (Wildman–Crippen LogP) is 3.20. The lowest BCUT2D eigenvalue weighted by Gasteiger charge is -2.40. The van der Waals surface area contributed by atoms with Crippen molar-refractivity contribution in [1.82, 2.24) is 40.3 Å². The Balaban J connectivity index is 0.724. The number of anilines is 4. The number of rotatable bonds is 19. The maximum absolute atomic E-state index is 13.0. The lowest BCUT2D eigenvalue weighted by molar-refractivity contribution is -0.137. The Labute approximate surface area is 363 Å². The average molecular weight is 866 g/mol. The summed E-state index contributed by atoms with van der Waals surface area (Å²) in [6, 6.07) is 9.79. The molecule has 4 aromatic rings. The fourth-order valence-corrected chi connectivity index (χ4v) is 8.59. The number of fused-ring (bicyclic) bond motifs is 4. The van der Waals surface area contributed by atoms with Crippen LogP contribution in [-0.2, 0) is 35.1 Å². The van der Waals surface area contributed by atoms with E-state index in [4.69, 9.17) is 23.9 Å². The van der Waals surface area contributed by atoms with Gasteiger partial charge in [0.2, 0.25) is 23.7 Å². The lowest BCUT2D eigenvalue weighted by atomic mass is 10.0. The van der Waals surface area contributed by atoms with Gasteiger partial charge in [0, 0.05) is 47.9 Å². The molecule has 2 aromatic heterocycles. The van der Waals surface area contributed by atoms with Gasteiger partial charge in [-0.2, -0.15) is 4.98 Å². The lowest BCUT2D eigenvalue weighted by Crippen LogP contribution is -2.52. The van der Waals surface area contributed by atoms with Crippen molar-refractivity contribution in [2.45, 2.75) is 76.5 Å². The molecule has 3 aliphatic heterocycles. The molecule has 8 rings (SSSR count). The van der Waals surface area contributed by atoms with Gasteiger partial charge >= 0.3 is 0 Å². The van der Waals surface area contributed by atoms with Crippen LogP contribution in [0.5, 0.6) is 5.75 Å². The third-order valence-corrected chi connectivity index (χ3v) is 11.6. The zero-order chi connectivity index (χ0) is 43.9. The Hall–Kier alpha value is -6.51. The van der Waals surface area contributed by atoms with E-state index in [2.05, 4.69) is 48.3 Å². The molecular weight excluding hydrogens is 815 g/mol. The minimum absolute atomic E-state index is 0.0579. The first-order chi connectivity index (χ1) is 30.7. The summed E-state index contributed by atoms with van der Waals surface area (Å²) in [5, 5.41) is 19.9. The predicted molar refractivity (Wildman–Crippen MR) is 227 cm³/mol. The molecule has 5 amide bonds. The Kier molecular flexibility index (Phi) is 13.5. The number of nitrogens with one attached hydrogen (secondary N) is 4. The van der Waals surface area contributed by atoms with Crippen LogP contribution < -0.4 is 30.9 Å². The molecule has 4 N–H and O–H groups in total. The molecular formula is C43H51N11O9. The third-order valence-electron chi connectivity index (χ3n) is 11.6. The maximum atomic E-state index is 13.0. The summed E-state index contributed by atoms with van der Waals surface area (Å²) in [5.74, 6) is 0.735. The molecule has 1 unspecified atom stereocenters. The van der Waals surface area contributed by atoms with Crippen LogP contribution >= 0.6 is 0 Å². The van der Waals surface area contributed by atoms with Gasteiger partial charge in [-0.25, -0.2) is 4.98 Å². The smallest absolute Gasteiger partial charge is 0.255 e. The first-order valence-electron chi connectivity index (χ1n) is 21.3. The van der Waals surface area contributed by atoms with E-state index in [0.717, 1.165) is 36.6 Å². The van der Waals surface area contributed by atoms with Crippen molar-refractivity contribution >= 4 is 52.7 Å². The van der Waals surface area contributed by atoms with Gasteiger partial charge < -0.3 is 44.7 Å². The van der Waals surface area contributed by atoms with Crippen LogP contribution in [0, 0.1) is 0 Å². The second kappa shape index (κ2) is 19.7. The van der Waals surface area contributed by atoms with E-state index in [-0.39, 0.29) is 82.7 Å². The normalized spacial score (nSPS) is 18.2. The number of piperidine rings is 1. The fraction of sp³-hybridized carbons (Fsp3) is 0.465. The van der Waals surface area contributed by atoms with Crippen LogP contribution in [0.25, 0.3) is 5.69 Å². The summed E-state index contributed by atoms with van der Waals surface area (Å²) in [6.45, 7) is 3.60. The Bertz CT molecular complexity index is 2350. The number of carbonyl (C=O) groups is 5. The van der Waals surface area contributed by atoms with E-state index in [1.807, 2.05) is 4.57 Å². The maximum Gasteiger partial charge on any atom is 0.255 e. The SMILES string of the molecule is CC[C@@H]1c2nncn2-c2cnc(Nc3ccc(C(=O)NCCOCCOCCOCC(=O)Nc4cccc5c4CN(C4CCC(=O)NC4=O)C5=O)cc3OC)nc2N1C1CCCC1. The molecule has 1 saturated carbocycles. The number of aromatic nitrogens is 5. The average Bonchev–Trinajstić information content (AvgIpc) is 4.07. The number of nitrogens with zero attached hydrogens (tertiary/aromatic N) is 7. The number of amides is 5. The summed E-state index contributed by atoms with van der Waals surface area (Å²) in [4.78, 5) is 76.1. The van der Waals surface area contributed by atoms with Crippen LogP contribution in [0.3, 0.4) is 0 Å². The molecule has 63 heavy (non-hydrogen) atoms. The zero-order valence-electron chi connectivity index (χ0n) is 35.3. The van der Waals surface area contributed by atoms with Crippen LogP contribution in [0.4, 0.5) is 23.1 Å². The van der Waals surface area contributed by atoms with E-state index in [9.17, 15) is 24.0 Å². The number of methoxy groups -OCH3 is 1. The standard InChI is InChI=1S/C43H51N11O9/c1-3-32-39-51-46-25-53(39)34-22-45-43(50-38(34)54(32)27-7-4-5-8-27)48-31-12-11-26(21-35(31)60-2)40(57)44-15-16-61-17-18-62-19-20-63-24-37(56)47-30-10-6-9-28-29(30)23-52(42(28)59)33-13-14-36(55)49-41(33)58/h6,9-12,21-22,25,27,32-33H,3-5,7-8,13-20,23-24H2,1-2H3,(H,44,57)(H,47,56)(H,45,48,50)(H,49,55,58)/t32-,33?/m1/s1. The molecule has 20 heteroatoms. The van der Waals surface area contributed by atoms with Crippen molar-refractivity contribution in [1.29, 1.82) is 0 Å². The van der Waals surface area contributed by atoms with Gasteiger partial charge in [0.05, 0.1) is 58.1 Å². The molecule has 332 valence electrons. The fourth-order valence-electron chi connectivity index (χ4n) is 8.59. The van der Waals surface area contributed by atoms with Crippen molar-refractivity contribution in [2.24, 2.45) is 0 Å². The van der Waals surface area contributed by atoms with Gasteiger partial charge in [-0.05, 0) is 56.0 Å². The van der Waals surface area contributed by atoms with E-state index in [1.54, 1.807) is 56.0 Å². The van der Waals surface area contributed by atoms with Crippen LogP contribution in [0.1, 0.15) is 90.0 Å². The first-order valence-corrected chi connectivity index (χ1v) is 21.3. The van der Waals surface area contributed by atoms with Gasteiger partial charge in [-0.3, -0.25) is 33.9 Å². The number of hydrogen-bond acceptors (Lipinski definition) is 15. The molecule has 5 heterocycles. The second-order valence-electron chi connectivity index (χ2n) is 15.6. The number of imide groups is 1. The van der Waals surface area contributed by atoms with Crippen LogP contribution in [-0.4, -0.2) is 125 Å². The highest BCUT2D eigenvalue weighted by Crippen LogP contribution is 2.43. The first kappa shape index (κ1) is 43.2. The monoisotopic (exact) mass is 865 g/mol. The van der Waals surface area contributed by atoms with Crippen molar-refractivity contribution in [2.75, 3.05) is 68.8 Å². The van der Waals surface area contributed by atoms with Gasteiger partial charge in [0.1, 0.15) is 30.4 Å². The van der Waals surface area contributed by atoms with Gasteiger partial charge in [0.15, 0.2) is 11.6 Å². The molecule has 1 saturated heterocycles. The number of ether oxygens (including phenoxy) is 4. The summed E-state index contributed by atoms with van der Waals surface area (Å²) < 4.78 is 24.2. The van der Waals surface area contributed by atoms with E-state index < -0.39 is 17.9 Å². The highest BCUT2D eigenvalue weighted by Gasteiger charge is 2.41. The van der Waals surface area contributed by atoms with Crippen LogP contribution in [0.15, 0.2) is 48.9 Å². The number of benzene rings is 2. The number of carbonyl (C=O) groups excluding carboxylic acids is 5. The minimum atomic E-state index is -0.748. The highest BCUT2D eigenvalue weighted by atomic mass is 16.5. The van der Waals surface area contributed by atoms with Gasteiger partial charge in [0.25, 0.3) is 11.8 Å².